The molecule has 7 nitrogen and oxygen atoms in total. The molecular weight excluding hydrogens is 406 g/mol. The van der Waals surface area contributed by atoms with E-state index < -0.39 is 18.5 Å². The molecule has 1 aromatic heterocycles. The van der Waals surface area contributed by atoms with Crippen LogP contribution < -0.4 is 10.2 Å². The number of anilines is 2. The molecule has 3 aromatic rings. The predicted molar refractivity (Wildman–Crippen MR) is 121 cm³/mol. The predicted octanol–water partition coefficient (Wildman–Crippen LogP) is 3.50. The van der Waals surface area contributed by atoms with Crippen molar-refractivity contribution in [2.24, 2.45) is 5.92 Å². The molecule has 2 aliphatic rings. The first-order valence-electron chi connectivity index (χ1n) is 10.8. The van der Waals surface area contributed by atoms with E-state index >= 15 is 0 Å². The van der Waals surface area contributed by atoms with Crippen LogP contribution in [0, 0.1) is 5.92 Å². The van der Waals surface area contributed by atoms with Gasteiger partial charge in [0.15, 0.2) is 6.61 Å². The molecule has 0 saturated heterocycles. The summed E-state index contributed by atoms with van der Waals surface area (Å²) in [5.74, 6) is -0.813. The van der Waals surface area contributed by atoms with E-state index in [9.17, 15) is 14.4 Å². The smallest absolute Gasteiger partial charge is 0.339 e. The molecule has 2 heterocycles. The van der Waals surface area contributed by atoms with Crippen molar-refractivity contribution in [2.75, 3.05) is 23.4 Å². The minimum absolute atomic E-state index is 0.113. The van der Waals surface area contributed by atoms with E-state index in [1.165, 1.54) is 4.90 Å². The van der Waals surface area contributed by atoms with Crippen LogP contribution in [0.5, 0.6) is 0 Å². The molecule has 2 aromatic carbocycles. The van der Waals surface area contributed by atoms with Gasteiger partial charge >= 0.3 is 5.97 Å². The van der Waals surface area contributed by atoms with E-state index in [2.05, 4.69) is 12.2 Å². The normalized spacial score (nSPS) is 17.3. The maximum absolute atomic E-state index is 13.2. The van der Waals surface area contributed by atoms with Crippen molar-refractivity contribution in [1.82, 2.24) is 4.98 Å². The van der Waals surface area contributed by atoms with Gasteiger partial charge in [-0.25, -0.2) is 4.79 Å². The number of para-hydroxylation sites is 3. The van der Waals surface area contributed by atoms with Gasteiger partial charge in [-0.2, -0.15) is 0 Å². The monoisotopic (exact) mass is 429 g/mol. The molecule has 1 aliphatic carbocycles. The maximum atomic E-state index is 13.2. The highest BCUT2D eigenvalue weighted by Gasteiger charge is 2.29. The number of carbonyl (C=O) groups is 3. The highest BCUT2D eigenvalue weighted by molar-refractivity contribution is 6.11. The third-order valence-electron chi connectivity index (χ3n) is 6.11. The van der Waals surface area contributed by atoms with Crippen LogP contribution in [0.15, 0.2) is 48.5 Å². The van der Waals surface area contributed by atoms with E-state index in [0.717, 1.165) is 41.4 Å². The molecule has 5 rings (SSSR count). The number of pyridine rings is 1. The number of hydrogen-bond donors (Lipinski definition) is 1. The van der Waals surface area contributed by atoms with Gasteiger partial charge in [-0.05, 0) is 48.9 Å². The molecule has 162 valence electrons. The van der Waals surface area contributed by atoms with Crippen LogP contribution in [0.1, 0.15) is 35.0 Å². The summed E-state index contributed by atoms with van der Waals surface area (Å²) >= 11 is 0. The number of esters is 1. The minimum atomic E-state index is -0.531. The molecular formula is C25H23N3O4. The number of nitrogens with one attached hydrogen (secondary N) is 1. The van der Waals surface area contributed by atoms with Gasteiger partial charge in [0.05, 0.1) is 22.5 Å². The average molecular weight is 429 g/mol. The first-order chi connectivity index (χ1) is 15.5. The third-order valence-corrected chi connectivity index (χ3v) is 6.11. The Hall–Kier alpha value is -3.74. The lowest BCUT2D eigenvalue weighted by molar-refractivity contribution is -0.124. The Morgan fingerprint density at radius 2 is 1.94 bits per heavy atom. The third kappa shape index (κ3) is 3.60. The first-order valence-corrected chi connectivity index (χ1v) is 10.8. The molecule has 1 atom stereocenters. The van der Waals surface area contributed by atoms with E-state index in [1.807, 2.05) is 24.3 Å². The Morgan fingerprint density at radius 1 is 1.16 bits per heavy atom. The molecule has 0 fully saturated rings. The lowest BCUT2D eigenvalue weighted by Crippen LogP contribution is -2.44. The van der Waals surface area contributed by atoms with Crippen molar-refractivity contribution in [3.05, 3.63) is 65.4 Å². The molecule has 0 unspecified atom stereocenters. The number of aryl methyl sites for hydroxylation is 1. The summed E-state index contributed by atoms with van der Waals surface area (Å²) in [5, 5.41) is 3.48. The van der Waals surface area contributed by atoms with Gasteiger partial charge in [-0.1, -0.05) is 37.3 Å². The maximum Gasteiger partial charge on any atom is 0.339 e. The van der Waals surface area contributed by atoms with Gasteiger partial charge in [0.1, 0.15) is 6.54 Å². The lowest BCUT2D eigenvalue weighted by Gasteiger charge is -2.29. The minimum Gasteiger partial charge on any atom is -0.452 e. The van der Waals surface area contributed by atoms with Crippen LogP contribution in [0.3, 0.4) is 0 Å². The molecule has 0 radical (unpaired) electrons. The molecule has 7 heteroatoms. The topological polar surface area (TPSA) is 88.6 Å². The number of benzene rings is 2. The summed E-state index contributed by atoms with van der Waals surface area (Å²) in [5.41, 5.74) is 4.26. The van der Waals surface area contributed by atoms with Crippen molar-refractivity contribution >= 4 is 40.1 Å². The average Bonchev–Trinajstić information content (AvgIpc) is 2.80. The summed E-state index contributed by atoms with van der Waals surface area (Å²) in [6, 6.07) is 14.6. The molecule has 2 amide bonds. The molecule has 0 saturated carbocycles. The summed E-state index contributed by atoms with van der Waals surface area (Å²) in [4.78, 5) is 44.3. The fourth-order valence-corrected chi connectivity index (χ4v) is 4.53. The number of ether oxygens (including phenoxy) is 1. The van der Waals surface area contributed by atoms with E-state index in [0.29, 0.717) is 22.9 Å². The number of hydrogen-bond acceptors (Lipinski definition) is 5. The number of rotatable bonds is 3. The molecule has 1 aliphatic heterocycles. The van der Waals surface area contributed by atoms with E-state index in [-0.39, 0.29) is 12.5 Å². The van der Waals surface area contributed by atoms with Crippen molar-refractivity contribution in [1.29, 1.82) is 0 Å². The number of aromatic nitrogens is 1. The summed E-state index contributed by atoms with van der Waals surface area (Å²) in [7, 11) is 0. The van der Waals surface area contributed by atoms with Crippen LogP contribution in [0.4, 0.5) is 11.4 Å². The van der Waals surface area contributed by atoms with Crippen LogP contribution in [-0.4, -0.2) is 35.9 Å². The Balaban J connectivity index is 1.42. The zero-order valence-electron chi connectivity index (χ0n) is 17.8. The Bertz CT molecular complexity index is 1250. The van der Waals surface area contributed by atoms with Crippen molar-refractivity contribution in [3.63, 3.8) is 0 Å². The second-order valence-corrected chi connectivity index (χ2v) is 8.40. The molecule has 1 N–H and O–H groups in total. The lowest BCUT2D eigenvalue weighted by atomic mass is 9.84. The van der Waals surface area contributed by atoms with Crippen LogP contribution >= 0.6 is 0 Å². The van der Waals surface area contributed by atoms with Gasteiger partial charge in [0.2, 0.25) is 5.91 Å². The molecule has 0 bridgehead atoms. The number of amides is 2. The zero-order valence-corrected chi connectivity index (χ0v) is 17.8. The van der Waals surface area contributed by atoms with Crippen molar-refractivity contribution < 1.29 is 19.1 Å². The molecule has 32 heavy (non-hydrogen) atoms. The highest BCUT2D eigenvalue weighted by atomic mass is 16.5. The van der Waals surface area contributed by atoms with Crippen LogP contribution in [0.2, 0.25) is 0 Å². The second kappa shape index (κ2) is 8.07. The van der Waals surface area contributed by atoms with Gasteiger partial charge < -0.3 is 10.1 Å². The van der Waals surface area contributed by atoms with Crippen LogP contribution in [-0.2, 0) is 27.2 Å². The second-order valence-electron chi connectivity index (χ2n) is 8.40. The zero-order chi connectivity index (χ0) is 22.2. The first kappa shape index (κ1) is 20.2. The van der Waals surface area contributed by atoms with Gasteiger partial charge in [-0.15, -0.1) is 0 Å². The standard InChI is InChI=1S/C25H23N3O4/c1-15-10-11-19-17(12-15)24(16-6-2-3-7-18(16)26-19)25(31)32-14-23(30)28-13-22(29)27-20-8-4-5-9-21(20)28/h2-9,15H,10-14H2,1H3,(H,27,29)/t15-/m1/s1. The Kier molecular flexibility index (Phi) is 5.09. The van der Waals surface area contributed by atoms with E-state index in [4.69, 9.17) is 9.72 Å². The number of fused-ring (bicyclic) bond motifs is 3. The Labute approximate surface area is 185 Å². The summed E-state index contributed by atoms with van der Waals surface area (Å²) in [6.45, 7) is 1.61. The van der Waals surface area contributed by atoms with Gasteiger partial charge in [0.25, 0.3) is 5.91 Å². The van der Waals surface area contributed by atoms with Gasteiger partial charge in [-0.3, -0.25) is 19.5 Å². The SMILES string of the molecule is C[C@@H]1CCc2nc3ccccc3c(C(=O)OCC(=O)N3CC(=O)Nc4ccccc43)c2C1. The largest absolute Gasteiger partial charge is 0.452 e. The highest BCUT2D eigenvalue weighted by Crippen LogP contribution is 2.32. The van der Waals surface area contributed by atoms with Crippen molar-refractivity contribution in [2.45, 2.75) is 26.2 Å². The fraction of sp³-hybridized carbons (Fsp3) is 0.280. The number of nitrogens with zero attached hydrogens (tertiary/aromatic N) is 2. The quantitative estimate of drug-likeness (QED) is 0.644. The fourth-order valence-electron chi connectivity index (χ4n) is 4.53. The van der Waals surface area contributed by atoms with E-state index in [1.54, 1.807) is 24.3 Å². The number of carbonyl (C=O) groups excluding carboxylic acids is 3. The van der Waals surface area contributed by atoms with Crippen LogP contribution in [0.25, 0.3) is 10.9 Å². The Morgan fingerprint density at radius 3 is 2.81 bits per heavy atom. The van der Waals surface area contributed by atoms with Gasteiger partial charge in [0, 0.05) is 11.1 Å². The molecule has 0 spiro atoms. The van der Waals surface area contributed by atoms with Crippen molar-refractivity contribution in [3.8, 4) is 0 Å². The summed E-state index contributed by atoms with van der Waals surface area (Å²) in [6.07, 6.45) is 2.60. The summed E-state index contributed by atoms with van der Waals surface area (Å²) < 4.78 is 5.51.